The molecule has 11 heteroatoms. The normalized spacial score (nSPS) is 16.7. The van der Waals surface area contributed by atoms with Crippen LogP contribution >= 0.6 is 0 Å². The van der Waals surface area contributed by atoms with Crippen LogP contribution in [0.2, 0.25) is 0 Å². The van der Waals surface area contributed by atoms with Crippen LogP contribution in [0.15, 0.2) is 31.0 Å². The van der Waals surface area contributed by atoms with E-state index in [0.717, 1.165) is 56.0 Å². The summed E-state index contributed by atoms with van der Waals surface area (Å²) in [6.45, 7) is 29.5. The summed E-state index contributed by atoms with van der Waals surface area (Å²) in [4.78, 5) is 29.7. The number of ether oxygens (including phenoxy) is 2. The van der Waals surface area contributed by atoms with Gasteiger partial charge in [-0.1, -0.05) is 61.5 Å². The highest BCUT2D eigenvalue weighted by Crippen LogP contribution is 2.39. The third-order valence-electron chi connectivity index (χ3n) is 8.93. The number of hydrogen-bond acceptors (Lipinski definition) is 8. The Labute approximate surface area is 308 Å². The molecule has 2 aromatic heterocycles. The molecule has 0 aliphatic carbocycles. The maximum absolute atomic E-state index is 14.5. The van der Waals surface area contributed by atoms with Crippen LogP contribution in [-0.4, -0.2) is 97.8 Å². The van der Waals surface area contributed by atoms with E-state index in [0.29, 0.717) is 50.1 Å². The Morgan fingerprint density at radius 3 is 2.24 bits per heavy atom. The Morgan fingerprint density at radius 1 is 1.10 bits per heavy atom. The first-order chi connectivity index (χ1) is 24.6. The molecule has 2 aromatic rings. The molecule has 290 valence electrons. The number of nitrogens with zero attached hydrogens (tertiary/aromatic N) is 6. The minimum atomic E-state index is -2.65. The molecule has 2 saturated heterocycles. The number of methoxy groups -OCH3 is 1. The molecule has 0 saturated carbocycles. The van der Waals surface area contributed by atoms with Gasteiger partial charge in [-0.05, 0) is 51.3 Å². The second-order valence-corrected chi connectivity index (χ2v) is 12.3. The highest BCUT2D eigenvalue weighted by molar-refractivity contribution is 5.87. The number of halogens is 2. The predicted octanol–water partition coefficient (Wildman–Crippen LogP) is 8.41. The number of amides is 1. The molecule has 5 heterocycles. The lowest BCUT2D eigenvalue weighted by atomic mass is 9.99. The molecule has 51 heavy (non-hydrogen) atoms. The van der Waals surface area contributed by atoms with E-state index < -0.39 is 6.43 Å². The van der Waals surface area contributed by atoms with E-state index >= 15 is 0 Å². The number of aryl methyl sites for hydroxylation is 1. The summed E-state index contributed by atoms with van der Waals surface area (Å²) in [7, 11) is 3.25. The third kappa shape index (κ3) is 12.2. The smallest absolute Gasteiger partial charge is 0.280 e. The van der Waals surface area contributed by atoms with Gasteiger partial charge in [-0.2, -0.15) is 0 Å². The lowest BCUT2D eigenvalue weighted by Crippen LogP contribution is -2.63. The molecule has 1 unspecified atom stereocenters. The second kappa shape index (κ2) is 24.2. The van der Waals surface area contributed by atoms with Crippen molar-refractivity contribution in [3.05, 3.63) is 59.1 Å². The second-order valence-electron chi connectivity index (χ2n) is 12.3. The predicted molar refractivity (Wildman–Crippen MR) is 208 cm³/mol. The first-order valence-corrected chi connectivity index (χ1v) is 19.1. The number of rotatable bonds is 11. The highest BCUT2D eigenvalue weighted by Gasteiger charge is 2.37. The number of carbonyl (C=O) groups excluding carboxylic acids is 1. The summed E-state index contributed by atoms with van der Waals surface area (Å²) >= 11 is 0. The van der Waals surface area contributed by atoms with Crippen molar-refractivity contribution in [2.75, 3.05) is 69.8 Å². The van der Waals surface area contributed by atoms with Crippen LogP contribution in [0.3, 0.4) is 0 Å². The molecule has 2 fully saturated rings. The van der Waals surface area contributed by atoms with E-state index in [-0.39, 0.29) is 23.7 Å². The van der Waals surface area contributed by atoms with Gasteiger partial charge in [0, 0.05) is 101 Å². The number of aromatic nitrogens is 2. The van der Waals surface area contributed by atoms with Gasteiger partial charge in [-0.15, -0.1) is 0 Å². The van der Waals surface area contributed by atoms with Crippen LogP contribution in [0.25, 0.3) is 0 Å². The number of piperazine rings is 1. The first-order valence-electron chi connectivity index (χ1n) is 19.1. The fraction of sp³-hybridized carbons (Fsp3) is 0.675. The van der Waals surface area contributed by atoms with Gasteiger partial charge >= 0.3 is 0 Å². The van der Waals surface area contributed by atoms with E-state index in [1.807, 2.05) is 71.7 Å². The van der Waals surface area contributed by atoms with Gasteiger partial charge in [-0.25, -0.2) is 13.8 Å². The maximum Gasteiger partial charge on any atom is 0.280 e. The van der Waals surface area contributed by atoms with E-state index in [9.17, 15) is 13.6 Å². The number of alkyl halides is 2. The van der Waals surface area contributed by atoms with Crippen LogP contribution < -0.4 is 9.80 Å². The third-order valence-corrected chi connectivity index (χ3v) is 8.93. The summed E-state index contributed by atoms with van der Waals surface area (Å²) in [5.74, 6) is 0.569. The minimum Gasteiger partial charge on any atom is -0.388 e. The molecule has 0 radical (unpaired) electrons. The number of anilines is 2. The van der Waals surface area contributed by atoms with Crippen LogP contribution in [0.4, 0.5) is 20.3 Å². The Balaban J connectivity index is 0.00000133. The SMILES string of the molecule is C=CC(=O)N1CCN(C2CN(c3cc(N(CCC4OCc5nccc(C)c54)C(C)C)nc(C(F)F)c3CCC)C2)CC1.CC.CC.CC.COC. The molecular formula is C40H68F2N6O3. The topological polar surface area (TPSA) is 74.3 Å². The van der Waals surface area contributed by atoms with Gasteiger partial charge in [0.15, 0.2) is 0 Å². The van der Waals surface area contributed by atoms with Gasteiger partial charge in [0.25, 0.3) is 6.43 Å². The van der Waals surface area contributed by atoms with Gasteiger partial charge in [-0.3, -0.25) is 14.7 Å². The molecule has 0 bridgehead atoms. The first kappa shape index (κ1) is 45.9. The zero-order chi connectivity index (χ0) is 38.7. The lowest BCUT2D eigenvalue weighted by Gasteiger charge is -2.49. The summed E-state index contributed by atoms with van der Waals surface area (Å²) < 4.78 is 39.4. The van der Waals surface area contributed by atoms with Crippen molar-refractivity contribution < 1.29 is 23.0 Å². The monoisotopic (exact) mass is 719 g/mol. The standard InChI is InChI=1S/C32H44F2N6O2.C2H6O.3C2H6/c1-6-8-24-26(39-18-23(19-39)37-13-15-38(16-14-37)29(41)7-2)17-28(36-31(24)32(33)34)40(21(3)4)12-10-27-30-22(5)9-11-35-25(30)20-42-27;1-3-2;3*1-2/h7,9,11,17,21,23,27,32H,2,6,8,10,12-16,18-20H2,1,3-5H3;1-2H3;3*1-2H3. The minimum absolute atomic E-state index is 0.0249. The van der Waals surface area contributed by atoms with Crippen molar-refractivity contribution in [2.24, 2.45) is 0 Å². The Morgan fingerprint density at radius 2 is 1.71 bits per heavy atom. The molecule has 0 N–H and O–H groups in total. The molecule has 0 spiro atoms. The molecule has 1 atom stereocenters. The average Bonchev–Trinajstić information content (AvgIpc) is 3.55. The van der Waals surface area contributed by atoms with Gasteiger partial charge < -0.3 is 24.2 Å². The Hall–Kier alpha value is -3.15. The van der Waals surface area contributed by atoms with Crippen molar-refractivity contribution in [2.45, 2.75) is 120 Å². The summed E-state index contributed by atoms with van der Waals surface area (Å²) in [6.07, 6.45) is 2.53. The molecule has 3 aliphatic rings. The fourth-order valence-corrected chi connectivity index (χ4v) is 6.56. The van der Waals surface area contributed by atoms with Crippen LogP contribution in [-0.2, 0) is 27.3 Å². The van der Waals surface area contributed by atoms with Gasteiger partial charge in [0.1, 0.15) is 11.5 Å². The fourth-order valence-electron chi connectivity index (χ4n) is 6.56. The van der Waals surface area contributed by atoms with Gasteiger partial charge in [0.2, 0.25) is 5.91 Å². The zero-order valence-electron chi connectivity index (χ0n) is 33.8. The van der Waals surface area contributed by atoms with E-state index in [1.54, 1.807) is 14.2 Å². The quantitative estimate of drug-likeness (QED) is 0.215. The van der Waals surface area contributed by atoms with Crippen LogP contribution in [0.5, 0.6) is 0 Å². The zero-order valence-corrected chi connectivity index (χ0v) is 33.8. The van der Waals surface area contributed by atoms with Crippen molar-refractivity contribution in [1.29, 1.82) is 0 Å². The van der Waals surface area contributed by atoms with Crippen molar-refractivity contribution in [3.8, 4) is 0 Å². The molecule has 5 rings (SSSR count). The number of fused-ring (bicyclic) bond motifs is 1. The molecule has 3 aliphatic heterocycles. The van der Waals surface area contributed by atoms with E-state index in [4.69, 9.17) is 4.74 Å². The highest BCUT2D eigenvalue weighted by atomic mass is 19.3. The summed E-state index contributed by atoms with van der Waals surface area (Å²) in [5.41, 5.74) is 4.75. The summed E-state index contributed by atoms with van der Waals surface area (Å²) in [6, 6.07) is 4.45. The Bertz CT molecular complexity index is 1300. The Kier molecular flexibility index (Phi) is 21.7. The van der Waals surface area contributed by atoms with Crippen molar-refractivity contribution >= 4 is 17.4 Å². The lowest BCUT2D eigenvalue weighted by molar-refractivity contribution is -0.128. The molecule has 0 aromatic carbocycles. The molecule has 9 nitrogen and oxygen atoms in total. The van der Waals surface area contributed by atoms with E-state index in [2.05, 4.69) is 56.8 Å². The van der Waals surface area contributed by atoms with Crippen molar-refractivity contribution in [1.82, 2.24) is 19.8 Å². The van der Waals surface area contributed by atoms with Crippen LogP contribution in [0, 0.1) is 6.92 Å². The largest absolute Gasteiger partial charge is 0.388 e. The van der Waals surface area contributed by atoms with Gasteiger partial charge in [0.05, 0.1) is 18.4 Å². The summed E-state index contributed by atoms with van der Waals surface area (Å²) in [5, 5.41) is 0. The molecular weight excluding hydrogens is 650 g/mol. The number of carbonyl (C=O) groups is 1. The number of hydrogen-bond donors (Lipinski definition) is 0. The number of pyridine rings is 2. The average molecular weight is 719 g/mol. The van der Waals surface area contributed by atoms with E-state index in [1.165, 1.54) is 11.6 Å². The molecule has 1 amide bonds. The van der Waals surface area contributed by atoms with Crippen LogP contribution in [0.1, 0.15) is 116 Å². The maximum atomic E-state index is 14.5. The van der Waals surface area contributed by atoms with Crippen molar-refractivity contribution in [3.63, 3.8) is 0 Å².